The van der Waals surface area contributed by atoms with Crippen LogP contribution in [0, 0.1) is 11.8 Å². The normalized spacial score (nSPS) is 28.8. The summed E-state index contributed by atoms with van der Waals surface area (Å²) in [6.45, 7) is 0.791. The number of amides is 1. The first kappa shape index (κ1) is 21.3. The Morgan fingerprint density at radius 3 is 1.88 bits per heavy atom. The zero-order valence-electron chi connectivity index (χ0n) is 19.4. The predicted octanol–water partition coefficient (Wildman–Crippen LogP) is 4.43. The number of primary amides is 1. The van der Waals surface area contributed by atoms with Crippen molar-refractivity contribution in [1.29, 1.82) is 0 Å². The summed E-state index contributed by atoms with van der Waals surface area (Å²) in [4.78, 5) is 20.9. The molecule has 0 spiro atoms. The Morgan fingerprint density at radius 1 is 0.824 bits per heavy atom. The number of likely N-dealkylation sites (tertiary alicyclic amines) is 1. The van der Waals surface area contributed by atoms with Crippen LogP contribution in [0.1, 0.15) is 29.5 Å². The number of hydrogen-bond acceptors (Lipinski definition) is 3. The van der Waals surface area contributed by atoms with E-state index < -0.39 is 5.54 Å². The molecule has 3 aromatic carbocycles. The van der Waals surface area contributed by atoms with Crippen molar-refractivity contribution >= 4 is 12.1 Å². The average molecular weight is 450 g/mol. The summed E-state index contributed by atoms with van der Waals surface area (Å²) in [6.07, 6.45) is 5.68. The van der Waals surface area contributed by atoms with Gasteiger partial charge in [-0.15, -0.1) is 0 Å². The second kappa shape index (κ2) is 8.21. The maximum atomic E-state index is 13.3. The third kappa shape index (κ3) is 3.24. The van der Waals surface area contributed by atoms with E-state index in [1.165, 1.54) is 16.7 Å². The molecule has 1 saturated carbocycles. The molecule has 4 atom stereocenters. The van der Waals surface area contributed by atoms with Crippen LogP contribution in [0.2, 0.25) is 0 Å². The minimum atomic E-state index is -0.854. The number of rotatable bonds is 7. The first-order valence-corrected chi connectivity index (χ1v) is 12.4. The van der Waals surface area contributed by atoms with Crippen molar-refractivity contribution in [3.8, 4) is 0 Å². The van der Waals surface area contributed by atoms with E-state index in [0.29, 0.717) is 5.92 Å². The highest BCUT2D eigenvalue weighted by Crippen LogP contribution is 2.60. The number of benzene rings is 3. The Labute approximate surface area is 201 Å². The molecule has 172 valence electrons. The third-order valence-corrected chi connectivity index (χ3v) is 8.50. The van der Waals surface area contributed by atoms with E-state index in [-0.39, 0.29) is 23.4 Å². The molecule has 1 aliphatic carbocycles. The fourth-order valence-corrected chi connectivity index (χ4v) is 7.17. The van der Waals surface area contributed by atoms with Crippen LogP contribution in [-0.2, 0) is 24.2 Å². The monoisotopic (exact) mass is 449 g/mol. The molecule has 4 bridgehead atoms. The van der Waals surface area contributed by atoms with E-state index in [4.69, 9.17) is 10.7 Å². The van der Waals surface area contributed by atoms with Crippen LogP contribution in [-0.4, -0.2) is 34.1 Å². The summed E-state index contributed by atoms with van der Waals surface area (Å²) >= 11 is 0. The zero-order chi connectivity index (χ0) is 23.2. The molecular weight excluding hydrogens is 418 g/mol. The van der Waals surface area contributed by atoms with Crippen LogP contribution in [0.25, 0.3) is 0 Å². The van der Waals surface area contributed by atoms with Crippen molar-refractivity contribution in [2.75, 3.05) is 0 Å². The van der Waals surface area contributed by atoms with E-state index in [1.807, 2.05) is 6.21 Å². The Hall–Kier alpha value is -3.24. The van der Waals surface area contributed by atoms with Gasteiger partial charge in [0.25, 0.3) is 0 Å². The Kier molecular flexibility index (Phi) is 5.14. The van der Waals surface area contributed by atoms with E-state index in [1.54, 1.807) is 0 Å². The van der Waals surface area contributed by atoms with Gasteiger partial charge >= 0.3 is 0 Å². The summed E-state index contributed by atoms with van der Waals surface area (Å²) < 4.78 is 0. The summed E-state index contributed by atoms with van der Waals surface area (Å²) in [6, 6.07) is 32.1. The van der Waals surface area contributed by atoms with Gasteiger partial charge < -0.3 is 5.73 Å². The quantitative estimate of drug-likeness (QED) is 0.580. The second-order valence-electron chi connectivity index (χ2n) is 10.3. The SMILES string of the molecule is NC(=O)C12N=CC3CC1N(Cc1ccccc1)C(Cc1ccccc1)(Cc1ccccc1)C2C3. The second-order valence-corrected chi connectivity index (χ2v) is 10.3. The van der Waals surface area contributed by atoms with Gasteiger partial charge in [-0.05, 0) is 48.3 Å². The van der Waals surface area contributed by atoms with Crippen molar-refractivity contribution < 1.29 is 4.79 Å². The molecule has 4 aliphatic rings. The standard InChI is InChI=1S/C30H31N3O/c31-28(34)30-26-16-25(20-32-30)17-27(30)33(21-24-14-8-3-9-15-24)29(26,18-22-10-4-1-5-11-22)19-23-12-6-2-7-13-23/h1-15,20,25-27H,16-19,21H2,(H2,31,34). The number of aliphatic imine (C=N–C) groups is 1. The van der Waals surface area contributed by atoms with Crippen LogP contribution >= 0.6 is 0 Å². The molecule has 0 radical (unpaired) electrons. The van der Waals surface area contributed by atoms with Crippen molar-refractivity contribution in [2.24, 2.45) is 22.6 Å². The van der Waals surface area contributed by atoms with Crippen molar-refractivity contribution in [1.82, 2.24) is 4.90 Å². The summed E-state index contributed by atoms with van der Waals surface area (Å²) in [5, 5.41) is 0. The lowest BCUT2D eigenvalue weighted by atomic mass is 9.60. The lowest BCUT2D eigenvalue weighted by Gasteiger charge is -2.46. The van der Waals surface area contributed by atoms with Gasteiger partial charge in [-0.1, -0.05) is 91.0 Å². The van der Waals surface area contributed by atoms with E-state index in [9.17, 15) is 4.79 Å². The minimum Gasteiger partial charge on any atom is -0.367 e. The molecule has 4 heteroatoms. The summed E-state index contributed by atoms with van der Waals surface area (Å²) in [7, 11) is 0. The fourth-order valence-electron chi connectivity index (χ4n) is 7.17. The van der Waals surface area contributed by atoms with E-state index in [2.05, 4.69) is 95.9 Å². The molecule has 4 unspecified atom stereocenters. The highest BCUT2D eigenvalue weighted by Gasteiger charge is 2.72. The molecule has 1 saturated heterocycles. The predicted molar refractivity (Wildman–Crippen MR) is 135 cm³/mol. The van der Waals surface area contributed by atoms with Gasteiger partial charge in [-0.2, -0.15) is 0 Å². The van der Waals surface area contributed by atoms with Crippen LogP contribution in [0.3, 0.4) is 0 Å². The van der Waals surface area contributed by atoms with Gasteiger partial charge in [0.05, 0.1) is 0 Å². The molecule has 0 aromatic heterocycles. The topological polar surface area (TPSA) is 58.7 Å². The Morgan fingerprint density at radius 2 is 1.35 bits per heavy atom. The number of nitrogens with zero attached hydrogens (tertiary/aromatic N) is 2. The lowest BCUT2D eigenvalue weighted by Crippen LogP contribution is -2.61. The van der Waals surface area contributed by atoms with Crippen molar-refractivity contribution in [2.45, 2.75) is 49.3 Å². The van der Waals surface area contributed by atoms with Crippen LogP contribution in [0.15, 0.2) is 96.0 Å². The maximum absolute atomic E-state index is 13.3. The van der Waals surface area contributed by atoms with Gasteiger partial charge in [-0.25, -0.2) is 0 Å². The molecule has 7 rings (SSSR count). The molecule has 3 aliphatic heterocycles. The zero-order valence-corrected chi connectivity index (χ0v) is 19.4. The molecule has 3 aromatic rings. The van der Waals surface area contributed by atoms with Crippen LogP contribution in [0.5, 0.6) is 0 Å². The summed E-state index contributed by atoms with van der Waals surface area (Å²) in [5.41, 5.74) is 8.98. The van der Waals surface area contributed by atoms with Crippen molar-refractivity contribution in [3.63, 3.8) is 0 Å². The average Bonchev–Trinajstić information content (AvgIpc) is 3.02. The first-order chi connectivity index (χ1) is 16.6. The Bertz CT molecular complexity index is 1150. The highest BCUT2D eigenvalue weighted by molar-refractivity contribution is 5.91. The largest absolute Gasteiger partial charge is 0.367 e. The summed E-state index contributed by atoms with van der Waals surface area (Å²) in [5.74, 6) is 0.219. The van der Waals surface area contributed by atoms with Gasteiger partial charge in [0.1, 0.15) is 0 Å². The van der Waals surface area contributed by atoms with Crippen molar-refractivity contribution in [3.05, 3.63) is 108 Å². The Balaban J connectivity index is 1.55. The number of hydrogen-bond donors (Lipinski definition) is 1. The molecule has 34 heavy (non-hydrogen) atoms. The number of carbonyl (C=O) groups excluding carboxylic acids is 1. The number of carbonyl (C=O) groups is 1. The minimum absolute atomic E-state index is 0.0198. The van der Waals surface area contributed by atoms with Crippen LogP contribution in [0.4, 0.5) is 0 Å². The van der Waals surface area contributed by atoms with E-state index in [0.717, 1.165) is 32.2 Å². The third-order valence-electron chi connectivity index (χ3n) is 8.50. The fraction of sp³-hybridized carbons (Fsp3) is 0.333. The van der Waals surface area contributed by atoms with E-state index >= 15 is 0 Å². The molecule has 2 N–H and O–H groups in total. The number of nitrogens with two attached hydrogens (primary N) is 1. The molecule has 4 nitrogen and oxygen atoms in total. The molecule has 3 heterocycles. The lowest BCUT2D eigenvalue weighted by molar-refractivity contribution is -0.127. The smallest absolute Gasteiger partial charge is 0.247 e. The molecule has 1 amide bonds. The van der Waals surface area contributed by atoms with Gasteiger partial charge in [0, 0.05) is 30.3 Å². The van der Waals surface area contributed by atoms with Crippen LogP contribution < -0.4 is 5.73 Å². The maximum Gasteiger partial charge on any atom is 0.247 e. The highest BCUT2D eigenvalue weighted by atomic mass is 16.1. The van der Waals surface area contributed by atoms with Gasteiger partial charge in [0.15, 0.2) is 5.54 Å². The first-order valence-electron chi connectivity index (χ1n) is 12.4. The molecule has 2 fully saturated rings. The van der Waals surface area contributed by atoms with Gasteiger partial charge in [0.2, 0.25) is 5.91 Å². The molecular formula is C30H31N3O. The van der Waals surface area contributed by atoms with Gasteiger partial charge in [-0.3, -0.25) is 14.7 Å².